The number of hydrogen-bond acceptors (Lipinski definition) is 1. The summed E-state index contributed by atoms with van der Waals surface area (Å²) in [6.45, 7) is 0. The number of rotatable bonds is 0. The molecule has 0 aromatic heterocycles. The van der Waals surface area contributed by atoms with Gasteiger partial charge in [0, 0.05) is 0 Å². The smallest absolute Gasteiger partial charge is 0.342 e. The van der Waals surface area contributed by atoms with Crippen molar-refractivity contribution >= 4 is 0 Å². The van der Waals surface area contributed by atoms with Crippen LogP contribution in [0, 0.1) is 0 Å². The topological polar surface area (TPSA) is 24.7 Å². The average molecular weight is 146 g/mol. The summed E-state index contributed by atoms with van der Waals surface area (Å²) >= 11 is 0. The van der Waals surface area contributed by atoms with Gasteiger partial charge in [0.25, 0.3) is 0 Å². The van der Waals surface area contributed by atoms with Gasteiger partial charge in [-0.1, -0.05) is 0 Å². The first-order valence-electron chi connectivity index (χ1n) is 2.29. The summed E-state index contributed by atoms with van der Waals surface area (Å²) in [5.41, 5.74) is 0. The van der Waals surface area contributed by atoms with E-state index in [4.69, 9.17) is 5.11 Å². The van der Waals surface area contributed by atoms with E-state index in [1.54, 1.807) is 0 Å². The molecule has 0 atom stereocenters. The van der Waals surface area contributed by atoms with Gasteiger partial charge in [0.05, 0.1) is 21.1 Å². The van der Waals surface area contributed by atoms with Crippen LogP contribution in [0.25, 0.3) is 0 Å². The van der Waals surface area contributed by atoms with Crippen molar-refractivity contribution in [2.45, 2.75) is 6.36 Å². The van der Waals surface area contributed by atoms with E-state index in [0.29, 0.717) is 0 Å². The number of hydrogen-bond donors (Lipinski definition) is 2. The Kier molecular flexibility index (Phi) is 5.85. The Bertz CT molecular complexity index is 52.6. The summed E-state index contributed by atoms with van der Waals surface area (Å²) < 4.78 is 29.7. The van der Waals surface area contributed by atoms with Crippen LogP contribution < -0.4 is 4.90 Å². The fraction of sp³-hybridized carbons (Fsp3) is 1.00. The summed E-state index contributed by atoms with van der Waals surface area (Å²) in [4.78, 5) is 1.42. The van der Waals surface area contributed by atoms with Crippen molar-refractivity contribution < 1.29 is 23.2 Å². The summed E-state index contributed by atoms with van der Waals surface area (Å²) in [7, 11) is 6.25. The van der Waals surface area contributed by atoms with Gasteiger partial charge in [0.15, 0.2) is 0 Å². The van der Waals surface area contributed by atoms with Gasteiger partial charge in [-0.3, -0.25) is 0 Å². The molecule has 0 fully saturated rings. The molecular formula is C4H11F3NO+. The molecule has 0 aromatic rings. The van der Waals surface area contributed by atoms with E-state index in [1.807, 2.05) is 0 Å². The minimum atomic E-state index is -5.00. The largest absolute Gasteiger partial charge is 0.519 e. The van der Waals surface area contributed by atoms with E-state index in [2.05, 4.69) is 21.1 Å². The first kappa shape index (κ1) is 11.5. The van der Waals surface area contributed by atoms with Crippen LogP contribution in [0.2, 0.25) is 0 Å². The Morgan fingerprint density at radius 3 is 1.11 bits per heavy atom. The molecule has 2 nitrogen and oxygen atoms in total. The molecular weight excluding hydrogens is 135 g/mol. The molecule has 0 spiro atoms. The predicted octanol–water partition coefficient (Wildman–Crippen LogP) is -0.741. The lowest BCUT2D eigenvalue weighted by Crippen LogP contribution is -3.02. The highest BCUT2D eigenvalue weighted by Gasteiger charge is 2.20. The van der Waals surface area contributed by atoms with Crippen LogP contribution in [-0.4, -0.2) is 32.6 Å². The molecule has 0 aliphatic carbocycles. The van der Waals surface area contributed by atoms with Gasteiger partial charge in [-0.05, 0) is 0 Å². The summed E-state index contributed by atoms with van der Waals surface area (Å²) in [5, 5.41) is 6.52. The maximum atomic E-state index is 9.91. The van der Waals surface area contributed by atoms with Crippen LogP contribution in [0.3, 0.4) is 0 Å². The summed E-state index contributed by atoms with van der Waals surface area (Å²) in [6, 6.07) is 0. The van der Waals surface area contributed by atoms with E-state index >= 15 is 0 Å². The molecule has 0 aliphatic rings. The van der Waals surface area contributed by atoms with Gasteiger partial charge in [-0.15, -0.1) is 13.2 Å². The molecule has 9 heavy (non-hydrogen) atoms. The van der Waals surface area contributed by atoms with Crippen LogP contribution in [-0.2, 0) is 0 Å². The van der Waals surface area contributed by atoms with Crippen LogP contribution in [0.4, 0.5) is 13.2 Å². The molecule has 0 heterocycles. The number of aliphatic hydroxyl groups is 1. The highest BCUT2D eigenvalue weighted by molar-refractivity contribution is 4.06. The molecule has 0 saturated heterocycles. The second-order valence-electron chi connectivity index (χ2n) is 1.97. The van der Waals surface area contributed by atoms with Crippen molar-refractivity contribution in [2.75, 3.05) is 21.1 Å². The standard InChI is InChI=1S/C3H9N.CHF3O/c1-4(2)3;2-1(3,4)5/h1-3H3;5H/p+1. The van der Waals surface area contributed by atoms with E-state index in [9.17, 15) is 13.2 Å². The lowest BCUT2D eigenvalue weighted by Gasteiger charge is -1.88. The highest BCUT2D eigenvalue weighted by atomic mass is 19.4. The maximum absolute atomic E-state index is 9.91. The fourth-order valence-corrected chi connectivity index (χ4v) is 0. The van der Waals surface area contributed by atoms with Crippen LogP contribution >= 0.6 is 0 Å². The normalized spacial score (nSPS) is 10.7. The number of halogens is 3. The van der Waals surface area contributed by atoms with Gasteiger partial charge in [-0.25, -0.2) is 0 Å². The third-order valence-corrected chi connectivity index (χ3v) is 0. The van der Waals surface area contributed by atoms with Gasteiger partial charge >= 0.3 is 6.36 Å². The predicted molar refractivity (Wildman–Crippen MR) is 27.0 cm³/mol. The lowest BCUT2D eigenvalue weighted by atomic mass is 11.0. The average Bonchev–Trinajstić information content (AvgIpc) is 1.19. The van der Waals surface area contributed by atoms with Gasteiger partial charge in [0.1, 0.15) is 0 Å². The second kappa shape index (κ2) is 4.58. The van der Waals surface area contributed by atoms with Gasteiger partial charge in [0.2, 0.25) is 0 Å². The molecule has 0 bridgehead atoms. The van der Waals surface area contributed by atoms with Crippen LogP contribution in [0.1, 0.15) is 0 Å². The van der Waals surface area contributed by atoms with E-state index in [0.717, 1.165) is 0 Å². The monoisotopic (exact) mass is 146 g/mol. The van der Waals surface area contributed by atoms with Crippen LogP contribution in [0.15, 0.2) is 0 Å². The number of nitrogens with one attached hydrogen (secondary N) is 1. The Morgan fingerprint density at radius 1 is 1.11 bits per heavy atom. The first-order chi connectivity index (χ1) is 3.73. The minimum absolute atomic E-state index is 1.42. The molecule has 0 amide bonds. The van der Waals surface area contributed by atoms with Gasteiger partial charge in [-0.2, -0.15) is 0 Å². The molecule has 58 valence electrons. The summed E-state index contributed by atoms with van der Waals surface area (Å²) in [5.74, 6) is 0. The summed E-state index contributed by atoms with van der Waals surface area (Å²) in [6.07, 6.45) is -5.00. The van der Waals surface area contributed by atoms with Crippen molar-refractivity contribution in [3.63, 3.8) is 0 Å². The van der Waals surface area contributed by atoms with E-state index in [1.165, 1.54) is 4.90 Å². The van der Waals surface area contributed by atoms with E-state index < -0.39 is 6.36 Å². The Hall–Kier alpha value is -0.290. The van der Waals surface area contributed by atoms with Crippen molar-refractivity contribution in [3.05, 3.63) is 0 Å². The quantitative estimate of drug-likeness (QED) is 0.462. The SMILES string of the molecule is C[NH+](C)C.OC(F)(F)F. The molecule has 2 N–H and O–H groups in total. The van der Waals surface area contributed by atoms with Gasteiger partial charge < -0.3 is 10.0 Å². The number of quaternary nitrogens is 1. The third kappa shape index (κ3) is 2990. The molecule has 0 saturated carbocycles. The molecule has 0 radical (unpaired) electrons. The zero-order valence-electron chi connectivity index (χ0n) is 5.58. The van der Waals surface area contributed by atoms with Crippen molar-refractivity contribution in [3.8, 4) is 0 Å². The maximum Gasteiger partial charge on any atom is 0.519 e. The Morgan fingerprint density at radius 2 is 1.11 bits per heavy atom. The number of alkyl halides is 3. The third-order valence-electron chi connectivity index (χ3n) is 0. The molecule has 0 aliphatic heterocycles. The zero-order valence-corrected chi connectivity index (χ0v) is 5.58. The van der Waals surface area contributed by atoms with E-state index in [-0.39, 0.29) is 0 Å². The Balaban J connectivity index is 0. The molecule has 0 unspecified atom stereocenters. The van der Waals surface area contributed by atoms with Crippen molar-refractivity contribution in [1.29, 1.82) is 0 Å². The Labute approximate surface area is 51.9 Å². The first-order valence-corrected chi connectivity index (χ1v) is 2.29. The molecule has 5 heteroatoms. The van der Waals surface area contributed by atoms with Crippen molar-refractivity contribution in [1.82, 2.24) is 0 Å². The molecule has 0 rings (SSSR count). The minimum Gasteiger partial charge on any atom is -0.342 e. The fourth-order valence-electron chi connectivity index (χ4n) is 0. The van der Waals surface area contributed by atoms with Crippen LogP contribution in [0.5, 0.6) is 0 Å². The van der Waals surface area contributed by atoms with Crippen molar-refractivity contribution in [2.24, 2.45) is 0 Å². The lowest BCUT2D eigenvalue weighted by molar-refractivity contribution is -0.836. The highest BCUT2D eigenvalue weighted by Crippen LogP contribution is 2.06. The second-order valence-corrected chi connectivity index (χ2v) is 1.97. The zero-order chi connectivity index (χ0) is 8.08. The molecule has 0 aromatic carbocycles.